The fourth-order valence-corrected chi connectivity index (χ4v) is 1.67. The van der Waals surface area contributed by atoms with E-state index in [2.05, 4.69) is 4.98 Å². The number of carbonyl (C=O) groups is 1. The van der Waals surface area contributed by atoms with Crippen LogP contribution in [0.5, 0.6) is 11.8 Å². The molecule has 0 aliphatic carbocycles. The first-order chi connectivity index (χ1) is 8.61. The van der Waals surface area contributed by atoms with E-state index < -0.39 is 5.97 Å². The number of ether oxygens (including phenoxy) is 1. The third-order valence-corrected chi connectivity index (χ3v) is 2.63. The molecule has 1 heterocycles. The van der Waals surface area contributed by atoms with Gasteiger partial charge in [-0.05, 0) is 25.1 Å². The number of carboxylic acids is 1. The van der Waals surface area contributed by atoms with Gasteiger partial charge in [-0.2, -0.15) is 0 Å². The highest BCUT2D eigenvalue weighted by molar-refractivity contribution is 6.31. The Labute approximate surface area is 109 Å². The Morgan fingerprint density at radius 2 is 2.33 bits per heavy atom. The second-order valence-corrected chi connectivity index (χ2v) is 3.98. The Kier molecular flexibility index (Phi) is 3.53. The zero-order valence-corrected chi connectivity index (χ0v) is 10.4. The van der Waals surface area contributed by atoms with Crippen LogP contribution in [0, 0.1) is 0 Å². The van der Waals surface area contributed by atoms with Crippen LogP contribution in [0.1, 0.15) is 17.3 Å². The van der Waals surface area contributed by atoms with Crippen molar-refractivity contribution in [2.75, 3.05) is 0 Å². The molecule has 5 nitrogen and oxygen atoms in total. The summed E-state index contributed by atoms with van der Waals surface area (Å²) >= 11 is 5.76. The summed E-state index contributed by atoms with van der Waals surface area (Å²) < 4.78 is 7.26. The van der Waals surface area contributed by atoms with Gasteiger partial charge in [-0.25, -0.2) is 9.78 Å². The van der Waals surface area contributed by atoms with Gasteiger partial charge in [-0.1, -0.05) is 11.6 Å². The minimum atomic E-state index is -1.10. The molecule has 0 unspecified atom stereocenters. The number of aromatic nitrogens is 2. The molecule has 0 amide bonds. The standard InChI is InChI=1S/C12H11ClN2O3/c1-2-15-6-5-14-12(15)18-10-4-3-8(13)7-9(10)11(16)17/h3-7H,2H2,1H3,(H,16,17). The molecule has 2 rings (SSSR count). The van der Waals surface area contributed by atoms with Crippen LogP contribution in [0.2, 0.25) is 5.02 Å². The van der Waals surface area contributed by atoms with E-state index in [1.54, 1.807) is 23.0 Å². The molecule has 1 N–H and O–H groups in total. The molecule has 94 valence electrons. The first-order valence-electron chi connectivity index (χ1n) is 5.33. The van der Waals surface area contributed by atoms with Crippen molar-refractivity contribution in [3.8, 4) is 11.8 Å². The largest absolute Gasteiger partial charge is 0.478 e. The molecule has 0 saturated carbocycles. The molecule has 2 aromatic rings. The topological polar surface area (TPSA) is 64.4 Å². The normalized spacial score (nSPS) is 10.3. The monoisotopic (exact) mass is 266 g/mol. The van der Waals surface area contributed by atoms with Gasteiger partial charge in [-0.15, -0.1) is 0 Å². The van der Waals surface area contributed by atoms with Crippen molar-refractivity contribution in [2.24, 2.45) is 0 Å². The van der Waals surface area contributed by atoms with Crippen LogP contribution in [0.4, 0.5) is 0 Å². The molecule has 6 heteroatoms. The van der Waals surface area contributed by atoms with E-state index in [9.17, 15) is 4.79 Å². The summed E-state index contributed by atoms with van der Waals surface area (Å²) in [6, 6.07) is 4.78. The SMILES string of the molecule is CCn1ccnc1Oc1ccc(Cl)cc1C(=O)O. The lowest BCUT2D eigenvalue weighted by molar-refractivity contribution is 0.0694. The second kappa shape index (κ2) is 5.10. The van der Waals surface area contributed by atoms with E-state index in [-0.39, 0.29) is 11.3 Å². The Balaban J connectivity index is 2.37. The number of nitrogens with zero attached hydrogens (tertiary/aromatic N) is 2. The smallest absolute Gasteiger partial charge is 0.339 e. The Morgan fingerprint density at radius 1 is 1.56 bits per heavy atom. The predicted molar refractivity (Wildman–Crippen MR) is 66.4 cm³/mol. The van der Waals surface area contributed by atoms with Gasteiger partial charge >= 0.3 is 12.0 Å². The lowest BCUT2D eigenvalue weighted by atomic mass is 10.2. The van der Waals surface area contributed by atoms with Gasteiger partial charge in [0.1, 0.15) is 11.3 Å². The summed E-state index contributed by atoms with van der Waals surface area (Å²) in [7, 11) is 0. The fraction of sp³-hybridized carbons (Fsp3) is 0.167. The van der Waals surface area contributed by atoms with Gasteiger partial charge in [-0.3, -0.25) is 0 Å². The van der Waals surface area contributed by atoms with Crippen molar-refractivity contribution in [3.05, 3.63) is 41.2 Å². The highest BCUT2D eigenvalue weighted by Gasteiger charge is 2.14. The highest BCUT2D eigenvalue weighted by atomic mass is 35.5. The van der Waals surface area contributed by atoms with Crippen LogP contribution in [-0.2, 0) is 6.54 Å². The van der Waals surface area contributed by atoms with Crippen LogP contribution in [0.3, 0.4) is 0 Å². The quantitative estimate of drug-likeness (QED) is 0.924. The summed E-state index contributed by atoms with van der Waals surface area (Å²) in [4.78, 5) is 15.1. The van der Waals surface area contributed by atoms with Crippen molar-refractivity contribution in [1.29, 1.82) is 0 Å². The average molecular weight is 267 g/mol. The first-order valence-corrected chi connectivity index (χ1v) is 5.71. The van der Waals surface area contributed by atoms with Crippen LogP contribution in [0.15, 0.2) is 30.6 Å². The number of carboxylic acid groups (broad SMARTS) is 1. The maximum Gasteiger partial charge on any atom is 0.339 e. The van der Waals surface area contributed by atoms with Crippen molar-refractivity contribution >= 4 is 17.6 Å². The van der Waals surface area contributed by atoms with Crippen LogP contribution in [0.25, 0.3) is 0 Å². The molecule has 1 aromatic heterocycles. The number of hydrogen-bond acceptors (Lipinski definition) is 3. The predicted octanol–water partition coefficient (Wildman–Crippen LogP) is 3.05. The van der Waals surface area contributed by atoms with Gasteiger partial charge in [0.05, 0.1) is 0 Å². The van der Waals surface area contributed by atoms with E-state index in [1.165, 1.54) is 12.1 Å². The Bertz CT molecular complexity index is 580. The maximum absolute atomic E-state index is 11.1. The Morgan fingerprint density at radius 3 is 3.00 bits per heavy atom. The third kappa shape index (κ3) is 2.46. The molecule has 1 aromatic carbocycles. The molecule has 0 saturated heterocycles. The van der Waals surface area contributed by atoms with E-state index >= 15 is 0 Å². The molecular formula is C12H11ClN2O3. The van der Waals surface area contributed by atoms with Gasteiger partial charge in [0, 0.05) is 24.0 Å². The Hall–Kier alpha value is -2.01. The summed E-state index contributed by atoms with van der Waals surface area (Å²) in [6.45, 7) is 2.62. The molecule has 0 aliphatic rings. The molecule has 0 spiro atoms. The first kappa shape index (κ1) is 12.4. The third-order valence-electron chi connectivity index (χ3n) is 2.39. The summed E-state index contributed by atoms with van der Waals surface area (Å²) in [5.41, 5.74) is 0.00755. The number of benzene rings is 1. The van der Waals surface area contributed by atoms with Gasteiger partial charge in [0.25, 0.3) is 0 Å². The summed E-state index contributed by atoms with van der Waals surface area (Å²) in [5.74, 6) is -0.880. The second-order valence-electron chi connectivity index (χ2n) is 3.54. The lowest BCUT2D eigenvalue weighted by Crippen LogP contribution is -2.03. The van der Waals surface area contributed by atoms with Crippen molar-refractivity contribution in [3.63, 3.8) is 0 Å². The van der Waals surface area contributed by atoms with E-state index in [4.69, 9.17) is 21.4 Å². The molecule has 0 aliphatic heterocycles. The molecular weight excluding hydrogens is 256 g/mol. The number of aryl methyl sites for hydroxylation is 1. The maximum atomic E-state index is 11.1. The number of rotatable bonds is 4. The van der Waals surface area contributed by atoms with Crippen LogP contribution < -0.4 is 4.74 Å². The van der Waals surface area contributed by atoms with Crippen molar-refractivity contribution in [1.82, 2.24) is 9.55 Å². The van der Waals surface area contributed by atoms with Gasteiger partial charge < -0.3 is 14.4 Å². The average Bonchev–Trinajstić information content (AvgIpc) is 2.78. The number of halogens is 1. The van der Waals surface area contributed by atoms with Crippen molar-refractivity contribution in [2.45, 2.75) is 13.5 Å². The molecule has 0 atom stereocenters. The zero-order chi connectivity index (χ0) is 13.1. The molecule has 18 heavy (non-hydrogen) atoms. The summed E-state index contributed by atoms with van der Waals surface area (Å²) in [5, 5.41) is 9.43. The minimum Gasteiger partial charge on any atom is -0.478 e. The van der Waals surface area contributed by atoms with Crippen LogP contribution in [-0.4, -0.2) is 20.6 Å². The zero-order valence-electron chi connectivity index (χ0n) is 9.63. The fourth-order valence-electron chi connectivity index (χ4n) is 1.50. The summed E-state index contributed by atoms with van der Waals surface area (Å²) in [6.07, 6.45) is 3.35. The highest BCUT2D eigenvalue weighted by Crippen LogP contribution is 2.27. The van der Waals surface area contributed by atoms with Gasteiger partial charge in [0.2, 0.25) is 0 Å². The lowest BCUT2D eigenvalue weighted by Gasteiger charge is -2.09. The number of imidazole rings is 1. The van der Waals surface area contributed by atoms with E-state index in [1.807, 2.05) is 6.92 Å². The molecule has 0 bridgehead atoms. The van der Waals surface area contributed by atoms with Crippen molar-refractivity contribution < 1.29 is 14.6 Å². The van der Waals surface area contributed by atoms with E-state index in [0.717, 1.165) is 0 Å². The van der Waals surface area contributed by atoms with E-state index in [0.29, 0.717) is 17.6 Å². The minimum absolute atomic E-state index is 0.00755. The number of aromatic carboxylic acids is 1. The van der Waals surface area contributed by atoms with Gasteiger partial charge in [0.15, 0.2) is 0 Å². The number of hydrogen-bond donors (Lipinski definition) is 1. The molecule has 0 fully saturated rings. The van der Waals surface area contributed by atoms with Crippen LogP contribution >= 0.6 is 11.6 Å². The molecule has 0 radical (unpaired) electrons.